The van der Waals surface area contributed by atoms with Crippen LogP contribution < -0.4 is 0 Å². The molecule has 0 saturated carbocycles. The van der Waals surface area contributed by atoms with Crippen molar-refractivity contribution in [1.82, 2.24) is 0 Å². The van der Waals surface area contributed by atoms with Gasteiger partial charge in [-0.25, -0.2) is 0 Å². The van der Waals surface area contributed by atoms with E-state index >= 15 is 0 Å². The minimum absolute atomic E-state index is 0.153. The van der Waals surface area contributed by atoms with E-state index in [0.29, 0.717) is 0 Å². The van der Waals surface area contributed by atoms with E-state index in [9.17, 15) is 0 Å². The fraction of sp³-hybridized carbons (Fsp3) is 1.00. The van der Waals surface area contributed by atoms with Crippen molar-refractivity contribution < 1.29 is 25.2 Å². The van der Waals surface area contributed by atoms with Gasteiger partial charge in [-0.1, -0.05) is 0 Å². The molecule has 10 heavy (non-hydrogen) atoms. The summed E-state index contributed by atoms with van der Waals surface area (Å²) in [5, 5.41) is 35.3. The van der Waals surface area contributed by atoms with Gasteiger partial charge in [-0.05, 0) is 0 Å². The van der Waals surface area contributed by atoms with Gasteiger partial charge in [-0.2, -0.15) is 0 Å². The minimum Gasteiger partial charge on any atom is -0.388 e. The van der Waals surface area contributed by atoms with E-state index < -0.39 is 24.6 Å². The molecule has 60 valence electrons. The summed E-state index contributed by atoms with van der Waals surface area (Å²) >= 11 is 0. The summed E-state index contributed by atoms with van der Waals surface area (Å²) in [5.74, 6) is 0. The first-order valence-electron chi connectivity index (χ1n) is 2.97. The Hall–Kier alpha value is -0.200. The summed E-state index contributed by atoms with van der Waals surface area (Å²) in [4.78, 5) is 0. The van der Waals surface area contributed by atoms with Crippen LogP contribution in [0.3, 0.4) is 0 Å². The minimum atomic E-state index is -1.41. The standard InChI is InChI=1S/C5H10O5/c6-2-1-10-5(9)4(8)3(2)7/h2-9H,1H2/t2-,3+,4-,5?/m1/s1/i5+1. The van der Waals surface area contributed by atoms with Gasteiger partial charge in [0, 0.05) is 0 Å². The summed E-state index contributed by atoms with van der Waals surface area (Å²) < 4.78 is 4.47. The average molecular weight is 151 g/mol. The molecule has 5 nitrogen and oxygen atoms in total. The molecule has 4 atom stereocenters. The van der Waals surface area contributed by atoms with Crippen molar-refractivity contribution in [1.29, 1.82) is 0 Å². The highest BCUT2D eigenvalue weighted by Crippen LogP contribution is 2.12. The third kappa shape index (κ3) is 1.28. The summed E-state index contributed by atoms with van der Waals surface area (Å²) in [7, 11) is 0. The van der Waals surface area contributed by atoms with Gasteiger partial charge in [-0.15, -0.1) is 0 Å². The van der Waals surface area contributed by atoms with Gasteiger partial charge in [0.05, 0.1) is 6.61 Å². The van der Waals surface area contributed by atoms with Crippen LogP contribution in [-0.2, 0) is 4.74 Å². The van der Waals surface area contributed by atoms with Gasteiger partial charge in [0.1, 0.15) is 18.3 Å². The molecule has 0 aromatic carbocycles. The molecule has 0 bridgehead atoms. The molecule has 0 aliphatic carbocycles. The van der Waals surface area contributed by atoms with Gasteiger partial charge in [0.15, 0.2) is 6.29 Å². The Morgan fingerprint density at radius 2 is 1.60 bits per heavy atom. The summed E-state index contributed by atoms with van der Waals surface area (Å²) in [6.07, 6.45) is -5.23. The van der Waals surface area contributed by atoms with E-state index in [2.05, 4.69) is 4.74 Å². The number of hydrogen-bond acceptors (Lipinski definition) is 5. The van der Waals surface area contributed by atoms with Crippen molar-refractivity contribution >= 4 is 0 Å². The Morgan fingerprint density at radius 1 is 1.00 bits per heavy atom. The Labute approximate surface area is 57.5 Å². The van der Waals surface area contributed by atoms with Gasteiger partial charge >= 0.3 is 0 Å². The van der Waals surface area contributed by atoms with Gasteiger partial charge < -0.3 is 25.2 Å². The van der Waals surface area contributed by atoms with Gasteiger partial charge in [0.2, 0.25) is 0 Å². The molecule has 1 saturated heterocycles. The molecule has 1 fully saturated rings. The first-order chi connectivity index (χ1) is 4.63. The predicted molar refractivity (Wildman–Crippen MR) is 30.0 cm³/mol. The lowest BCUT2D eigenvalue weighted by atomic mass is 10.1. The molecule has 1 heterocycles. The molecule has 0 radical (unpaired) electrons. The highest BCUT2D eigenvalue weighted by atomic mass is 16.7. The maximum absolute atomic E-state index is 8.88. The summed E-state index contributed by atoms with van der Waals surface area (Å²) in [5.41, 5.74) is 0. The van der Waals surface area contributed by atoms with E-state index in [4.69, 9.17) is 20.4 Å². The zero-order chi connectivity index (χ0) is 7.72. The summed E-state index contributed by atoms with van der Waals surface area (Å²) in [6, 6.07) is 0. The molecule has 0 aromatic heterocycles. The first kappa shape index (κ1) is 7.90. The van der Waals surface area contributed by atoms with Crippen LogP contribution in [0.15, 0.2) is 0 Å². The normalized spacial score (nSPS) is 49.2. The van der Waals surface area contributed by atoms with Crippen molar-refractivity contribution in [2.75, 3.05) is 6.61 Å². The highest BCUT2D eigenvalue weighted by molar-refractivity contribution is 4.81. The lowest BCUT2D eigenvalue weighted by Gasteiger charge is -2.31. The van der Waals surface area contributed by atoms with E-state index in [0.717, 1.165) is 0 Å². The molecular weight excluding hydrogens is 141 g/mol. The van der Waals surface area contributed by atoms with Crippen molar-refractivity contribution in [2.45, 2.75) is 24.6 Å². The average Bonchev–Trinajstić information content (AvgIpc) is 1.93. The molecular formula is C5H10O5. The van der Waals surface area contributed by atoms with Crippen molar-refractivity contribution in [2.24, 2.45) is 0 Å². The Balaban J connectivity index is 2.52. The largest absolute Gasteiger partial charge is 0.388 e. The fourth-order valence-electron chi connectivity index (χ4n) is 0.791. The molecule has 0 amide bonds. The van der Waals surface area contributed by atoms with Crippen LogP contribution in [-0.4, -0.2) is 51.6 Å². The Morgan fingerprint density at radius 3 is 2.10 bits per heavy atom. The fourth-order valence-corrected chi connectivity index (χ4v) is 0.791. The number of hydrogen-bond donors (Lipinski definition) is 4. The van der Waals surface area contributed by atoms with E-state index in [1.165, 1.54) is 0 Å². The van der Waals surface area contributed by atoms with E-state index in [-0.39, 0.29) is 6.61 Å². The highest BCUT2D eigenvalue weighted by Gasteiger charge is 2.36. The van der Waals surface area contributed by atoms with Crippen LogP contribution >= 0.6 is 0 Å². The van der Waals surface area contributed by atoms with Crippen LogP contribution in [0, 0.1) is 0 Å². The smallest absolute Gasteiger partial charge is 0.183 e. The number of ether oxygens (including phenoxy) is 1. The van der Waals surface area contributed by atoms with Crippen LogP contribution in [0.2, 0.25) is 0 Å². The molecule has 5 heteroatoms. The summed E-state index contributed by atoms with van der Waals surface area (Å²) in [6.45, 7) is -0.153. The Kier molecular flexibility index (Phi) is 2.22. The van der Waals surface area contributed by atoms with Gasteiger partial charge in [0.25, 0.3) is 0 Å². The van der Waals surface area contributed by atoms with E-state index in [1.807, 2.05) is 0 Å². The monoisotopic (exact) mass is 151 g/mol. The molecule has 1 unspecified atom stereocenters. The lowest BCUT2D eigenvalue weighted by molar-refractivity contribution is -0.252. The second-order valence-electron chi connectivity index (χ2n) is 2.27. The number of rotatable bonds is 0. The third-order valence-electron chi connectivity index (χ3n) is 1.47. The van der Waals surface area contributed by atoms with Gasteiger partial charge in [-0.3, -0.25) is 0 Å². The Bertz CT molecular complexity index is 103. The first-order valence-corrected chi connectivity index (χ1v) is 2.97. The number of aliphatic hydroxyl groups excluding tert-OH is 4. The predicted octanol–water partition coefficient (Wildman–Crippen LogP) is -2.58. The molecule has 1 aliphatic rings. The second-order valence-corrected chi connectivity index (χ2v) is 2.27. The SMILES string of the molecule is O[C@H]1[C@H](O)CO[13CH](O)[C@@H]1O. The zero-order valence-electron chi connectivity index (χ0n) is 5.21. The molecule has 0 aromatic rings. The zero-order valence-corrected chi connectivity index (χ0v) is 5.21. The topological polar surface area (TPSA) is 90.2 Å². The lowest BCUT2D eigenvalue weighted by Crippen LogP contribution is -2.52. The van der Waals surface area contributed by atoms with Crippen LogP contribution in [0.4, 0.5) is 0 Å². The third-order valence-corrected chi connectivity index (χ3v) is 1.47. The van der Waals surface area contributed by atoms with Crippen LogP contribution in [0.5, 0.6) is 0 Å². The molecule has 1 aliphatic heterocycles. The number of aliphatic hydroxyl groups is 4. The molecule has 1 rings (SSSR count). The van der Waals surface area contributed by atoms with Crippen molar-refractivity contribution in [3.8, 4) is 0 Å². The molecule has 0 spiro atoms. The quantitative estimate of drug-likeness (QED) is 0.285. The maximum atomic E-state index is 8.88. The van der Waals surface area contributed by atoms with Crippen LogP contribution in [0.25, 0.3) is 0 Å². The molecule has 4 N–H and O–H groups in total. The van der Waals surface area contributed by atoms with Crippen molar-refractivity contribution in [3.63, 3.8) is 0 Å². The van der Waals surface area contributed by atoms with Crippen molar-refractivity contribution in [3.05, 3.63) is 0 Å². The second kappa shape index (κ2) is 2.81. The maximum Gasteiger partial charge on any atom is 0.183 e. The van der Waals surface area contributed by atoms with Crippen LogP contribution in [0.1, 0.15) is 0 Å². The van der Waals surface area contributed by atoms with E-state index in [1.54, 1.807) is 0 Å².